The smallest absolute Gasteiger partial charge is 0.305 e. The van der Waals surface area contributed by atoms with E-state index in [1.165, 1.54) is 4.90 Å². The summed E-state index contributed by atoms with van der Waals surface area (Å²) in [7, 11) is 3.37. The van der Waals surface area contributed by atoms with Crippen LogP contribution in [0.25, 0.3) is 0 Å². The second-order valence-electron chi connectivity index (χ2n) is 4.19. The second-order valence-corrected chi connectivity index (χ2v) is 4.19. The minimum absolute atomic E-state index is 0.00953. The third-order valence-electron chi connectivity index (χ3n) is 2.54. The number of hydrogen-bond donors (Lipinski definition) is 1. The predicted molar refractivity (Wildman–Crippen MR) is 69.6 cm³/mol. The van der Waals surface area contributed by atoms with Crippen molar-refractivity contribution in [3.8, 4) is 0 Å². The first-order valence-electron chi connectivity index (χ1n) is 5.72. The number of carboxylic acid groups (broad SMARTS) is 1. The SMILES string of the molecule is CN(C)C(=O)CN(CCC(=O)O)c1ccccc1. The summed E-state index contributed by atoms with van der Waals surface area (Å²) in [4.78, 5) is 25.6. The molecule has 0 aliphatic carbocycles. The lowest BCUT2D eigenvalue weighted by atomic mass is 10.2. The van der Waals surface area contributed by atoms with Crippen molar-refractivity contribution >= 4 is 17.6 Å². The van der Waals surface area contributed by atoms with Crippen LogP contribution in [-0.2, 0) is 9.59 Å². The molecule has 1 aromatic rings. The molecule has 0 saturated heterocycles. The molecule has 0 saturated carbocycles. The van der Waals surface area contributed by atoms with Crippen LogP contribution in [0.5, 0.6) is 0 Å². The quantitative estimate of drug-likeness (QED) is 0.820. The molecule has 0 atom stereocenters. The Morgan fingerprint density at radius 3 is 2.28 bits per heavy atom. The highest BCUT2D eigenvalue weighted by atomic mass is 16.4. The molecular weight excluding hydrogens is 232 g/mol. The third kappa shape index (κ3) is 4.45. The fourth-order valence-electron chi connectivity index (χ4n) is 1.47. The monoisotopic (exact) mass is 250 g/mol. The van der Waals surface area contributed by atoms with Gasteiger partial charge in [-0.2, -0.15) is 0 Å². The van der Waals surface area contributed by atoms with Crippen LogP contribution in [-0.4, -0.2) is 49.1 Å². The summed E-state index contributed by atoms with van der Waals surface area (Å²) in [6.07, 6.45) is 0.00953. The van der Waals surface area contributed by atoms with Crippen molar-refractivity contribution in [1.82, 2.24) is 4.90 Å². The van der Waals surface area contributed by atoms with Gasteiger partial charge in [-0.05, 0) is 12.1 Å². The normalized spacial score (nSPS) is 9.89. The van der Waals surface area contributed by atoms with Gasteiger partial charge in [-0.15, -0.1) is 0 Å². The number of benzene rings is 1. The van der Waals surface area contributed by atoms with Gasteiger partial charge in [-0.3, -0.25) is 9.59 Å². The topological polar surface area (TPSA) is 60.9 Å². The molecule has 0 aliphatic rings. The summed E-state index contributed by atoms with van der Waals surface area (Å²) < 4.78 is 0. The Morgan fingerprint density at radius 1 is 1.17 bits per heavy atom. The Hall–Kier alpha value is -2.04. The van der Waals surface area contributed by atoms with Crippen molar-refractivity contribution in [3.63, 3.8) is 0 Å². The molecule has 0 aliphatic heterocycles. The van der Waals surface area contributed by atoms with E-state index in [0.717, 1.165) is 5.69 Å². The molecular formula is C13H18N2O3. The molecule has 5 heteroatoms. The lowest BCUT2D eigenvalue weighted by molar-refractivity contribution is -0.137. The molecule has 1 rings (SSSR count). The lowest BCUT2D eigenvalue weighted by Crippen LogP contribution is -2.37. The van der Waals surface area contributed by atoms with E-state index in [1.807, 2.05) is 30.3 Å². The summed E-state index contributed by atoms with van der Waals surface area (Å²) in [5, 5.41) is 8.73. The number of carboxylic acids is 1. The number of para-hydroxylation sites is 1. The average molecular weight is 250 g/mol. The van der Waals surface area contributed by atoms with Gasteiger partial charge >= 0.3 is 5.97 Å². The fraction of sp³-hybridized carbons (Fsp3) is 0.385. The number of hydrogen-bond acceptors (Lipinski definition) is 3. The molecule has 1 aromatic carbocycles. The summed E-state index contributed by atoms with van der Waals surface area (Å²) >= 11 is 0. The van der Waals surface area contributed by atoms with E-state index in [4.69, 9.17) is 5.11 Å². The molecule has 0 radical (unpaired) electrons. The molecule has 98 valence electrons. The summed E-state index contributed by atoms with van der Waals surface area (Å²) in [6.45, 7) is 0.503. The van der Waals surface area contributed by atoms with Crippen LogP contribution in [0.2, 0.25) is 0 Å². The maximum atomic E-state index is 11.7. The Bertz CT molecular complexity index is 404. The Balaban J connectivity index is 2.75. The highest BCUT2D eigenvalue weighted by molar-refractivity contribution is 5.81. The number of aliphatic carboxylic acids is 1. The Morgan fingerprint density at radius 2 is 1.78 bits per heavy atom. The molecule has 0 bridgehead atoms. The fourth-order valence-corrected chi connectivity index (χ4v) is 1.47. The van der Waals surface area contributed by atoms with E-state index in [9.17, 15) is 9.59 Å². The summed E-state index contributed by atoms with van der Waals surface area (Å²) in [5.74, 6) is -0.919. The van der Waals surface area contributed by atoms with Gasteiger partial charge in [0.15, 0.2) is 0 Å². The van der Waals surface area contributed by atoms with Gasteiger partial charge in [-0.25, -0.2) is 0 Å². The molecule has 0 unspecified atom stereocenters. The van der Waals surface area contributed by atoms with Crippen LogP contribution in [0, 0.1) is 0 Å². The summed E-state index contributed by atoms with van der Waals surface area (Å²) in [6, 6.07) is 9.34. The zero-order chi connectivity index (χ0) is 13.5. The van der Waals surface area contributed by atoms with Gasteiger partial charge in [0, 0.05) is 26.3 Å². The van der Waals surface area contributed by atoms with E-state index in [-0.39, 0.29) is 18.9 Å². The van der Waals surface area contributed by atoms with Crippen LogP contribution in [0.3, 0.4) is 0 Å². The van der Waals surface area contributed by atoms with E-state index in [2.05, 4.69) is 0 Å². The maximum absolute atomic E-state index is 11.7. The number of carbonyl (C=O) groups is 2. The predicted octanol–water partition coefficient (Wildman–Crippen LogP) is 1.06. The van der Waals surface area contributed by atoms with Crippen molar-refractivity contribution in [2.75, 3.05) is 32.1 Å². The number of carbonyl (C=O) groups excluding carboxylic acids is 1. The molecule has 0 spiro atoms. The van der Waals surface area contributed by atoms with Gasteiger partial charge in [0.25, 0.3) is 0 Å². The molecule has 0 aromatic heterocycles. The number of anilines is 1. The second kappa shape index (κ2) is 6.64. The molecule has 18 heavy (non-hydrogen) atoms. The van der Waals surface area contributed by atoms with Gasteiger partial charge in [0.2, 0.25) is 5.91 Å². The van der Waals surface area contributed by atoms with Gasteiger partial charge in [0.1, 0.15) is 0 Å². The zero-order valence-electron chi connectivity index (χ0n) is 10.7. The number of likely N-dealkylation sites (N-methyl/N-ethyl adjacent to an activating group) is 1. The highest BCUT2D eigenvalue weighted by Gasteiger charge is 2.13. The van der Waals surface area contributed by atoms with E-state index in [0.29, 0.717) is 6.54 Å². The van der Waals surface area contributed by atoms with Crippen molar-refractivity contribution in [2.24, 2.45) is 0 Å². The zero-order valence-corrected chi connectivity index (χ0v) is 10.7. The van der Waals surface area contributed by atoms with Gasteiger partial charge in [0.05, 0.1) is 13.0 Å². The van der Waals surface area contributed by atoms with Crippen molar-refractivity contribution in [1.29, 1.82) is 0 Å². The first-order valence-corrected chi connectivity index (χ1v) is 5.72. The van der Waals surface area contributed by atoms with E-state index in [1.54, 1.807) is 19.0 Å². The molecule has 0 heterocycles. The van der Waals surface area contributed by atoms with Crippen LogP contribution in [0.1, 0.15) is 6.42 Å². The van der Waals surface area contributed by atoms with Gasteiger partial charge in [-0.1, -0.05) is 18.2 Å². The van der Waals surface area contributed by atoms with Crippen molar-refractivity contribution in [3.05, 3.63) is 30.3 Å². The standard InChI is InChI=1S/C13H18N2O3/c1-14(2)12(16)10-15(9-8-13(17)18)11-6-4-3-5-7-11/h3-7H,8-10H2,1-2H3,(H,17,18). The Kier molecular flexibility index (Phi) is 5.17. The lowest BCUT2D eigenvalue weighted by Gasteiger charge is -2.25. The van der Waals surface area contributed by atoms with Gasteiger partial charge < -0.3 is 14.9 Å². The molecule has 0 fully saturated rings. The summed E-state index contributed by atoms with van der Waals surface area (Å²) in [5.41, 5.74) is 0.856. The Labute approximate surface area is 107 Å². The molecule has 5 nitrogen and oxygen atoms in total. The van der Waals surface area contributed by atoms with E-state index < -0.39 is 5.97 Å². The highest BCUT2D eigenvalue weighted by Crippen LogP contribution is 2.13. The van der Waals surface area contributed by atoms with Crippen molar-refractivity contribution in [2.45, 2.75) is 6.42 Å². The van der Waals surface area contributed by atoms with Crippen molar-refractivity contribution < 1.29 is 14.7 Å². The van der Waals surface area contributed by atoms with Crippen LogP contribution in [0.15, 0.2) is 30.3 Å². The average Bonchev–Trinajstić information content (AvgIpc) is 2.34. The van der Waals surface area contributed by atoms with Crippen LogP contribution in [0.4, 0.5) is 5.69 Å². The number of rotatable bonds is 6. The van der Waals surface area contributed by atoms with Crippen LogP contribution >= 0.6 is 0 Å². The first kappa shape index (κ1) is 14.0. The number of nitrogens with zero attached hydrogens (tertiary/aromatic N) is 2. The maximum Gasteiger partial charge on any atom is 0.305 e. The first-order chi connectivity index (χ1) is 8.50. The molecule has 1 amide bonds. The van der Waals surface area contributed by atoms with Crippen LogP contribution < -0.4 is 4.90 Å². The largest absolute Gasteiger partial charge is 0.481 e. The van der Waals surface area contributed by atoms with E-state index >= 15 is 0 Å². The number of amides is 1. The third-order valence-corrected chi connectivity index (χ3v) is 2.54. The molecule has 1 N–H and O–H groups in total. The minimum atomic E-state index is -0.867. The minimum Gasteiger partial charge on any atom is -0.481 e.